The van der Waals surface area contributed by atoms with E-state index in [0.29, 0.717) is 12.5 Å². The zero-order chi connectivity index (χ0) is 16.1. The smallest absolute Gasteiger partial charge is 0.223 e. The van der Waals surface area contributed by atoms with Gasteiger partial charge in [-0.05, 0) is 46.8 Å². The molecule has 2 heterocycles. The van der Waals surface area contributed by atoms with Crippen molar-refractivity contribution in [1.29, 1.82) is 0 Å². The third kappa shape index (κ3) is 2.40. The minimum Gasteiger partial charge on any atom is -0.337 e. The number of hydrogen-bond acceptors (Lipinski definition) is 2. The molecule has 1 aliphatic heterocycles. The van der Waals surface area contributed by atoms with Crippen LogP contribution in [0.3, 0.4) is 0 Å². The average Bonchev–Trinajstić information content (AvgIpc) is 2.98. The van der Waals surface area contributed by atoms with Crippen molar-refractivity contribution in [3.8, 4) is 0 Å². The maximum atomic E-state index is 12.4. The van der Waals surface area contributed by atoms with Gasteiger partial charge in [-0.1, -0.05) is 12.1 Å². The molecule has 1 atom stereocenters. The van der Waals surface area contributed by atoms with E-state index in [9.17, 15) is 4.79 Å². The highest BCUT2D eigenvalue weighted by atomic mass is 16.2. The number of hydrogen-bond donors (Lipinski definition) is 0. The normalized spacial score (nSPS) is 19.6. The Kier molecular flexibility index (Phi) is 3.50. The highest BCUT2D eigenvalue weighted by Crippen LogP contribution is 2.35. The molecule has 1 aromatic heterocycles. The van der Waals surface area contributed by atoms with E-state index in [0.717, 1.165) is 23.4 Å². The van der Waals surface area contributed by atoms with Crippen molar-refractivity contribution in [2.75, 3.05) is 6.54 Å². The Hall–Kier alpha value is -1.84. The topological polar surface area (TPSA) is 38.1 Å². The number of para-hydroxylation sites is 2. The quantitative estimate of drug-likeness (QED) is 0.847. The molecular formula is C18H25N3O. The van der Waals surface area contributed by atoms with Crippen LogP contribution < -0.4 is 0 Å². The summed E-state index contributed by atoms with van der Waals surface area (Å²) in [5.41, 5.74) is 2.06. The zero-order valence-corrected chi connectivity index (χ0v) is 14.1. The maximum absolute atomic E-state index is 12.4. The van der Waals surface area contributed by atoms with Gasteiger partial charge in [0.15, 0.2) is 0 Å². The van der Waals surface area contributed by atoms with Gasteiger partial charge in [0.2, 0.25) is 5.91 Å². The molecule has 3 rings (SSSR count). The third-order valence-electron chi connectivity index (χ3n) is 4.44. The van der Waals surface area contributed by atoms with Crippen LogP contribution >= 0.6 is 0 Å². The van der Waals surface area contributed by atoms with Crippen LogP contribution in [0, 0.1) is 0 Å². The average molecular weight is 299 g/mol. The van der Waals surface area contributed by atoms with Gasteiger partial charge in [-0.15, -0.1) is 0 Å². The van der Waals surface area contributed by atoms with Gasteiger partial charge in [0.05, 0.1) is 11.0 Å². The van der Waals surface area contributed by atoms with Crippen molar-refractivity contribution >= 4 is 16.9 Å². The number of benzene rings is 1. The number of carbonyl (C=O) groups is 1. The lowest BCUT2D eigenvalue weighted by atomic mass is 10.1. The molecule has 118 valence electrons. The van der Waals surface area contributed by atoms with E-state index in [1.165, 1.54) is 0 Å². The minimum absolute atomic E-state index is 0.124. The molecule has 0 bridgehead atoms. The molecule has 0 saturated carbocycles. The van der Waals surface area contributed by atoms with Crippen LogP contribution in [0.2, 0.25) is 0 Å². The van der Waals surface area contributed by atoms with E-state index < -0.39 is 0 Å². The van der Waals surface area contributed by atoms with Crippen LogP contribution in [0.25, 0.3) is 11.0 Å². The van der Waals surface area contributed by atoms with Crippen LogP contribution in [0.4, 0.5) is 0 Å². The van der Waals surface area contributed by atoms with Gasteiger partial charge in [0.1, 0.15) is 5.82 Å². The maximum Gasteiger partial charge on any atom is 0.223 e. The molecule has 2 aromatic rings. The first kappa shape index (κ1) is 15.1. The summed E-state index contributed by atoms with van der Waals surface area (Å²) >= 11 is 0. The second-order valence-corrected chi connectivity index (χ2v) is 7.50. The fourth-order valence-electron chi connectivity index (χ4n) is 3.42. The molecule has 0 radical (unpaired) electrons. The summed E-state index contributed by atoms with van der Waals surface area (Å²) in [5, 5.41) is 0. The van der Waals surface area contributed by atoms with Crippen molar-refractivity contribution in [3.63, 3.8) is 0 Å². The Balaban J connectivity index is 2.04. The molecule has 1 aliphatic rings. The lowest BCUT2D eigenvalue weighted by molar-refractivity contribution is -0.131. The number of imidazole rings is 1. The molecule has 0 unspecified atom stereocenters. The number of aromatic nitrogens is 2. The highest BCUT2D eigenvalue weighted by Gasteiger charge is 2.39. The molecule has 0 N–H and O–H groups in total. The Morgan fingerprint density at radius 2 is 1.91 bits per heavy atom. The van der Waals surface area contributed by atoms with Crippen molar-refractivity contribution in [2.45, 2.75) is 58.5 Å². The van der Waals surface area contributed by atoms with E-state index in [4.69, 9.17) is 4.98 Å². The van der Waals surface area contributed by atoms with Crippen molar-refractivity contribution in [2.24, 2.45) is 0 Å². The number of fused-ring (bicyclic) bond motifs is 1. The lowest BCUT2D eigenvalue weighted by Crippen LogP contribution is -2.42. The molecule has 22 heavy (non-hydrogen) atoms. The summed E-state index contributed by atoms with van der Waals surface area (Å²) in [6.07, 6.45) is 0.563. The first-order chi connectivity index (χ1) is 10.3. The van der Waals surface area contributed by atoms with E-state index >= 15 is 0 Å². The van der Waals surface area contributed by atoms with Crippen LogP contribution in [0.1, 0.15) is 58.8 Å². The first-order valence-corrected chi connectivity index (χ1v) is 8.06. The molecule has 0 aliphatic carbocycles. The minimum atomic E-state index is -0.124. The summed E-state index contributed by atoms with van der Waals surface area (Å²) in [7, 11) is 0. The van der Waals surface area contributed by atoms with Crippen LogP contribution in [0.5, 0.6) is 0 Å². The van der Waals surface area contributed by atoms with E-state index in [-0.39, 0.29) is 17.4 Å². The fourth-order valence-corrected chi connectivity index (χ4v) is 3.42. The van der Waals surface area contributed by atoms with Gasteiger partial charge in [0, 0.05) is 30.5 Å². The molecule has 0 spiro atoms. The third-order valence-corrected chi connectivity index (χ3v) is 4.44. The second-order valence-electron chi connectivity index (χ2n) is 7.50. The van der Waals surface area contributed by atoms with Crippen molar-refractivity contribution < 1.29 is 4.79 Å². The molecule has 1 fully saturated rings. The second kappa shape index (κ2) is 5.11. The molecule has 1 saturated heterocycles. The Labute approximate surface area is 132 Å². The summed E-state index contributed by atoms with van der Waals surface area (Å²) < 4.78 is 2.29. The first-order valence-electron chi connectivity index (χ1n) is 8.06. The summed E-state index contributed by atoms with van der Waals surface area (Å²) in [5.74, 6) is 1.47. The Bertz CT molecular complexity index is 709. The van der Waals surface area contributed by atoms with Gasteiger partial charge in [-0.25, -0.2) is 4.98 Å². The number of carbonyl (C=O) groups excluding carboxylic acids is 1. The molecule has 4 heteroatoms. The van der Waals surface area contributed by atoms with Crippen LogP contribution in [-0.2, 0) is 4.79 Å². The van der Waals surface area contributed by atoms with Crippen LogP contribution in [0.15, 0.2) is 24.3 Å². The Morgan fingerprint density at radius 3 is 2.50 bits per heavy atom. The van der Waals surface area contributed by atoms with Gasteiger partial charge in [0.25, 0.3) is 0 Å². The molecular weight excluding hydrogens is 274 g/mol. The molecule has 4 nitrogen and oxygen atoms in total. The monoisotopic (exact) mass is 299 g/mol. The number of rotatable bonds is 2. The summed E-state index contributed by atoms with van der Waals surface area (Å²) in [4.78, 5) is 19.2. The van der Waals surface area contributed by atoms with E-state index in [1.807, 2.05) is 17.0 Å². The standard InChI is InChI=1S/C18H25N3O/c1-12(2)21-15-9-7-6-8-14(15)19-17(21)13-10-16(22)20(11-13)18(3,4)5/h6-9,12-13H,10-11H2,1-5H3/t13-/m0/s1. The van der Waals surface area contributed by atoms with Gasteiger partial charge in [-0.2, -0.15) is 0 Å². The number of nitrogens with zero attached hydrogens (tertiary/aromatic N) is 3. The molecule has 1 aromatic carbocycles. The summed E-state index contributed by atoms with van der Waals surface area (Å²) in [6.45, 7) is 11.4. The predicted octanol–water partition coefficient (Wildman–Crippen LogP) is 3.73. The number of likely N-dealkylation sites (tertiary alicyclic amines) is 1. The molecule has 1 amide bonds. The SMILES string of the molecule is CC(C)n1c([C@H]2CC(=O)N(C(C)(C)C)C2)nc2ccccc21. The van der Waals surface area contributed by atoms with Crippen LogP contribution in [-0.4, -0.2) is 32.4 Å². The highest BCUT2D eigenvalue weighted by molar-refractivity contribution is 5.81. The van der Waals surface area contributed by atoms with Gasteiger partial charge < -0.3 is 9.47 Å². The largest absolute Gasteiger partial charge is 0.337 e. The van der Waals surface area contributed by atoms with Crippen molar-refractivity contribution in [1.82, 2.24) is 14.5 Å². The van der Waals surface area contributed by atoms with E-state index in [1.54, 1.807) is 0 Å². The van der Waals surface area contributed by atoms with Gasteiger partial charge in [-0.3, -0.25) is 4.79 Å². The number of amides is 1. The zero-order valence-electron chi connectivity index (χ0n) is 14.1. The van der Waals surface area contributed by atoms with Crippen molar-refractivity contribution in [3.05, 3.63) is 30.1 Å². The summed E-state index contributed by atoms with van der Waals surface area (Å²) in [6, 6.07) is 8.57. The lowest BCUT2D eigenvalue weighted by Gasteiger charge is -2.32. The fraction of sp³-hybridized carbons (Fsp3) is 0.556. The van der Waals surface area contributed by atoms with E-state index in [2.05, 4.69) is 51.3 Å². The van der Waals surface area contributed by atoms with Gasteiger partial charge >= 0.3 is 0 Å². The Morgan fingerprint density at radius 1 is 1.23 bits per heavy atom. The predicted molar refractivity (Wildman–Crippen MR) is 88.9 cm³/mol.